The van der Waals surface area contributed by atoms with Crippen molar-refractivity contribution >= 4 is 33.0 Å². The number of carboxylic acid groups (broad SMARTS) is 1. The Morgan fingerprint density at radius 2 is 1.89 bits per heavy atom. The zero-order chi connectivity index (χ0) is 20.1. The molecule has 3 rings (SSSR count). The summed E-state index contributed by atoms with van der Waals surface area (Å²) < 4.78 is 32.7. The summed E-state index contributed by atoms with van der Waals surface area (Å²) in [4.78, 5) is 23.4. The fourth-order valence-electron chi connectivity index (χ4n) is 2.66. The summed E-state index contributed by atoms with van der Waals surface area (Å²) in [5.74, 6) is -0.507. The van der Waals surface area contributed by atoms with E-state index in [9.17, 15) is 23.1 Å². The topological polar surface area (TPSA) is 126 Å². The number of fused-ring (bicyclic) bond motifs is 1. The minimum atomic E-state index is -4.20. The Balaban J connectivity index is 2.04. The monoisotopic (exact) mass is 396 g/mol. The van der Waals surface area contributed by atoms with E-state index in [4.69, 9.17) is 9.84 Å². The molecular formula is C17H20N2O7S. The maximum atomic E-state index is 13.0. The van der Waals surface area contributed by atoms with Crippen molar-refractivity contribution in [1.29, 1.82) is 0 Å². The second-order valence-electron chi connectivity index (χ2n) is 7.37. The van der Waals surface area contributed by atoms with E-state index in [-0.39, 0.29) is 15.7 Å². The van der Waals surface area contributed by atoms with Gasteiger partial charge in [-0.2, -0.15) is 4.31 Å². The van der Waals surface area contributed by atoms with Gasteiger partial charge in [0.25, 0.3) is 10.0 Å². The summed E-state index contributed by atoms with van der Waals surface area (Å²) in [5.41, 5.74) is -0.853. The van der Waals surface area contributed by atoms with Gasteiger partial charge in [0.05, 0.1) is 10.9 Å². The average molecular weight is 396 g/mol. The van der Waals surface area contributed by atoms with Gasteiger partial charge in [-0.3, -0.25) is 0 Å². The summed E-state index contributed by atoms with van der Waals surface area (Å²) >= 11 is 0. The van der Waals surface area contributed by atoms with Crippen LogP contribution in [0.5, 0.6) is 5.88 Å². The standard InChI is InChI=1S/C17H20N2O7S/c1-17(2,3)26-16(23)19(11-4-5-11)27(24,25)12-6-7-13-10(8-12)9-18(14(13)20)15(21)22/h6-9,11,20H,4-5H2,1-3H3,(H,21,22). The molecule has 0 saturated heterocycles. The van der Waals surface area contributed by atoms with Crippen molar-refractivity contribution in [3.63, 3.8) is 0 Å². The maximum absolute atomic E-state index is 13.0. The first-order valence-corrected chi connectivity index (χ1v) is 9.70. The minimum Gasteiger partial charge on any atom is -0.494 e. The van der Waals surface area contributed by atoms with E-state index in [2.05, 4.69) is 0 Å². The SMILES string of the molecule is CC(C)(C)OC(=O)N(C1CC1)S(=O)(=O)c1ccc2c(O)n(C(=O)O)cc2c1. The summed E-state index contributed by atoms with van der Waals surface area (Å²) in [5, 5.41) is 19.4. The maximum Gasteiger partial charge on any atom is 0.424 e. The van der Waals surface area contributed by atoms with E-state index in [1.54, 1.807) is 20.8 Å². The highest BCUT2D eigenvalue weighted by Gasteiger charge is 2.44. The number of benzene rings is 1. The largest absolute Gasteiger partial charge is 0.494 e. The zero-order valence-electron chi connectivity index (χ0n) is 15.0. The summed E-state index contributed by atoms with van der Waals surface area (Å²) in [6, 6.07) is 3.29. The number of hydrogen-bond donors (Lipinski definition) is 2. The number of aromatic nitrogens is 1. The van der Waals surface area contributed by atoms with Crippen molar-refractivity contribution in [1.82, 2.24) is 8.87 Å². The molecule has 1 heterocycles. The van der Waals surface area contributed by atoms with Gasteiger partial charge in [0.2, 0.25) is 5.88 Å². The molecule has 1 aromatic heterocycles. The van der Waals surface area contributed by atoms with Crippen LogP contribution in [0.25, 0.3) is 10.8 Å². The molecule has 146 valence electrons. The molecule has 1 fully saturated rings. The molecule has 1 aliphatic carbocycles. The lowest BCUT2D eigenvalue weighted by Gasteiger charge is -2.27. The van der Waals surface area contributed by atoms with E-state index >= 15 is 0 Å². The molecule has 1 aromatic carbocycles. The normalized spacial score (nSPS) is 14.9. The fraction of sp³-hybridized carbons (Fsp3) is 0.412. The number of carbonyl (C=O) groups excluding carboxylic acids is 1. The van der Waals surface area contributed by atoms with E-state index in [0.29, 0.717) is 17.4 Å². The smallest absolute Gasteiger partial charge is 0.424 e. The fourth-order valence-corrected chi connectivity index (χ4v) is 4.24. The van der Waals surface area contributed by atoms with Crippen LogP contribution in [0.3, 0.4) is 0 Å². The molecular weight excluding hydrogens is 376 g/mol. The number of sulfonamides is 1. The number of hydrogen-bond acceptors (Lipinski definition) is 6. The molecule has 27 heavy (non-hydrogen) atoms. The minimum absolute atomic E-state index is 0.185. The molecule has 0 unspecified atom stereocenters. The molecule has 9 nitrogen and oxygen atoms in total. The number of amides is 1. The van der Waals surface area contributed by atoms with Crippen molar-refractivity contribution < 1.29 is 33.0 Å². The van der Waals surface area contributed by atoms with Crippen LogP contribution in [0.15, 0.2) is 29.3 Å². The second-order valence-corrected chi connectivity index (χ2v) is 9.18. The van der Waals surface area contributed by atoms with Crippen LogP contribution < -0.4 is 0 Å². The van der Waals surface area contributed by atoms with Gasteiger partial charge in [0, 0.05) is 17.0 Å². The predicted molar refractivity (Wildman–Crippen MR) is 95.3 cm³/mol. The molecule has 2 N–H and O–H groups in total. The van der Waals surface area contributed by atoms with Crippen LogP contribution >= 0.6 is 0 Å². The molecule has 1 amide bonds. The first-order valence-electron chi connectivity index (χ1n) is 8.26. The lowest BCUT2D eigenvalue weighted by molar-refractivity contribution is 0.0382. The summed E-state index contributed by atoms with van der Waals surface area (Å²) in [6.07, 6.45) is -0.133. The highest BCUT2D eigenvalue weighted by molar-refractivity contribution is 7.89. The molecule has 0 radical (unpaired) electrons. The third-order valence-corrected chi connectivity index (χ3v) is 5.79. The number of carbonyl (C=O) groups is 2. The highest BCUT2D eigenvalue weighted by atomic mass is 32.2. The summed E-state index contributed by atoms with van der Waals surface area (Å²) in [7, 11) is -4.20. The van der Waals surface area contributed by atoms with Gasteiger partial charge in [0.1, 0.15) is 5.60 Å². The van der Waals surface area contributed by atoms with Crippen molar-refractivity contribution in [3.05, 3.63) is 24.4 Å². The lowest BCUT2D eigenvalue weighted by atomic mass is 10.2. The van der Waals surface area contributed by atoms with Gasteiger partial charge in [0.15, 0.2) is 0 Å². The van der Waals surface area contributed by atoms with Gasteiger partial charge >= 0.3 is 12.2 Å². The van der Waals surface area contributed by atoms with Crippen molar-refractivity contribution in [2.45, 2.75) is 50.2 Å². The van der Waals surface area contributed by atoms with Gasteiger partial charge in [-0.25, -0.2) is 22.6 Å². The van der Waals surface area contributed by atoms with Crippen LogP contribution in [0.1, 0.15) is 33.6 Å². The van der Waals surface area contributed by atoms with Crippen LogP contribution in [0, 0.1) is 0 Å². The van der Waals surface area contributed by atoms with Crippen LogP contribution in [0.4, 0.5) is 9.59 Å². The molecule has 2 aromatic rings. The van der Waals surface area contributed by atoms with Gasteiger partial charge in [-0.1, -0.05) is 0 Å². The van der Waals surface area contributed by atoms with Gasteiger partial charge in [-0.15, -0.1) is 0 Å². The molecule has 0 bridgehead atoms. The predicted octanol–water partition coefficient (Wildman–Crippen LogP) is 2.96. The number of aromatic hydroxyl groups is 1. The van der Waals surface area contributed by atoms with Gasteiger partial charge in [-0.05, 0) is 51.8 Å². The number of rotatable bonds is 3. The lowest BCUT2D eigenvalue weighted by Crippen LogP contribution is -2.42. The first-order chi connectivity index (χ1) is 12.4. The van der Waals surface area contributed by atoms with Crippen molar-refractivity contribution in [2.24, 2.45) is 0 Å². The van der Waals surface area contributed by atoms with Crippen LogP contribution in [-0.4, -0.2) is 51.3 Å². The van der Waals surface area contributed by atoms with E-state index in [0.717, 1.165) is 10.5 Å². The second kappa shape index (κ2) is 6.15. The molecule has 1 saturated carbocycles. The number of nitrogens with zero attached hydrogens (tertiary/aromatic N) is 2. The quantitative estimate of drug-likeness (QED) is 0.817. The van der Waals surface area contributed by atoms with Crippen LogP contribution in [0.2, 0.25) is 0 Å². The van der Waals surface area contributed by atoms with E-state index in [1.165, 1.54) is 18.2 Å². The first kappa shape index (κ1) is 19.0. The molecule has 1 aliphatic rings. The van der Waals surface area contributed by atoms with Crippen molar-refractivity contribution in [3.8, 4) is 5.88 Å². The Hall–Kier alpha value is -2.75. The van der Waals surface area contributed by atoms with Gasteiger partial charge < -0.3 is 14.9 Å². The third kappa shape index (κ3) is 3.57. The third-order valence-electron chi connectivity index (χ3n) is 3.98. The highest BCUT2D eigenvalue weighted by Crippen LogP contribution is 2.35. The molecule has 0 spiro atoms. The summed E-state index contributed by atoms with van der Waals surface area (Å²) in [6.45, 7) is 4.93. The Labute approximate surface area is 155 Å². The Bertz CT molecular complexity index is 1030. The molecule has 10 heteroatoms. The number of ether oxygens (including phenoxy) is 1. The van der Waals surface area contributed by atoms with E-state index in [1.807, 2.05) is 0 Å². The zero-order valence-corrected chi connectivity index (χ0v) is 15.9. The molecule has 0 atom stereocenters. The molecule has 0 aliphatic heterocycles. The van der Waals surface area contributed by atoms with E-state index < -0.39 is 39.7 Å². The van der Waals surface area contributed by atoms with Crippen LogP contribution in [-0.2, 0) is 14.8 Å². The Morgan fingerprint density at radius 1 is 1.26 bits per heavy atom. The average Bonchev–Trinajstić information content (AvgIpc) is 3.28. The Kier molecular flexibility index (Phi) is 4.34. The Morgan fingerprint density at radius 3 is 2.41 bits per heavy atom. The van der Waals surface area contributed by atoms with Crippen molar-refractivity contribution in [2.75, 3.05) is 0 Å².